The summed E-state index contributed by atoms with van der Waals surface area (Å²) in [4.78, 5) is 16.4. The minimum absolute atomic E-state index is 0.110. The summed E-state index contributed by atoms with van der Waals surface area (Å²) in [6.07, 6.45) is 1.59. The van der Waals surface area contributed by atoms with E-state index >= 15 is 0 Å². The molecule has 27 heavy (non-hydrogen) atoms. The highest BCUT2D eigenvalue weighted by atomic mass is 35.5. The van der Waals surface area contributed by atoms with E-state index in [4.69, 9.17) is 11.6 Å². The van der Waals surface area contributed by atoms with E-state index in [-0.39, 0.29) is 18.3 Å². The van der Waals surface area contributed by atoms with E-state index in [1.807, 2.05) is 16.7 Å². The number of hydrogen-bond acceptors (Lipinski definition) is 4. The highest BCUT2D eigenvalue weighted by Crippen LogP contribution is 2.21. The van der Waals surface area contributed by atoms with Crippen molar-refractivity contribution in [1.29, 1.82) is 0 Å². The fourth-order valence-corrected chi connectivity index (χ4v) is 3.39. The van der Waals surface area contributed by atoms with Gasteiger partial charge in [-0.15, -0.1) is 0 Å². The first-order valence-corrected chi connectivity index (χ1v) is 9.49. The SMILES string of the molecule is O=C(CSc1ncc(CO)n1Cc1ccc(Cl)cc1)Nc1cccc(F)c1. The molecule has 0 atom stereocenters. The minimum Gasteiger partial charge on any atom is -0.390 e. The van der Waals surface area contributed by atoms with E-state index in [0.717, 1.165) is 5.56 Å². The van der Waals surface area contributed by atoms with Gasteiger partial charge in [0.2, 0.25) is 5.91 Å². The molecule has 0 fully saturated rings. The van der Waals surface area contributed by atoms with Crippen molar-refractivity contribution in [3.63, 3.8) is 0 Å². The molecule has 140 valence electrons. The smallest absolute Gasteiger partial charge is 0.234 e. The molecule has 1 heterocycles. The van der Waals surface area contributed by atoms with Crippen LogP contribution >= 0.6 is 23.4 Å². The Morgan fingerprint density at radius 3 is 2.74 bits per heavy atom. The third-order valence-electron chi connectivity index (χ3n) is 3.76. The first-order valence-electron chi connectivity index (χ1n) is 8.13. The second kappa shape index (κ2) is 9.03. The molecule has 5 nitrogen and oxygen atoms in total. The molecule has 0 aliphatic carbocycles. The van der Waals surface area contributed by atoms with Crippen molar-refractivity contribution in [2.24, 2.45) is 0 Å². The number of amides is 1. The number of carbonyl (C=O) groups is 1. The molecular formula is C19H17ClFN3O2S. The number of rotatable bonds is 7. The highest BCUT2D eigenvalue weighted by molar-refractivity contribution is 7.99. The van der Waals surface area contributed by atoms with Crippen molar-refractivity contribution in [3.8, 4) is 0 Å². The van der Waals surface area contributed by atoms with Crippen LogP contribution in [0.5, 0.6) is 0 Å². The van der Waals surface area contributed by atoms with E-state index in [9.17, 15) is 14.3 Å². The number of nitrogens with one attached hydrogen (secondary N) is 1. The lowest BCUT2D eigenvalue weighted by Crippen LogP contribution is -2.15. The Balaban J connectivity index is 1.66. The maximum atomic E-state index is 13.2. The number of halogens is 2. The zero-order valence-electron chi connectivity index (χ0n) is 14.2. The summed E-state index contributed by atoms with van der Waals surface area (Å²) in [6.45, 7) is 0.345. The van der Waals surface area contributed by atoms with Crippen LogP contribution in [0.3, 0.4) is 0 Å². The van der Waals surface area contributed by atoms with Gasteiger partial charge in [-0.25, -0.2) is 9.37 Å². The number of carbonyl (C=O) groups excluding carboxylic acids is 1. The number of nitrogens with zero attached hydrogens (tertiary/aromatic N) is 2. The molecule has 2 aromatic carbocycles. The molecule has 0 saturated carbocycles. The number of aliphatic hydroxyl groups excluding tert-OH is 1. The van der Waals surface area contributed by atoms with Crippen LogP contribution in [-0.2, 0) is 17.9 Å². The van der Waals surface area contributed by atoms with Gasteiger partial charge in [-0.1, -0.05) is 41.6 Å². The Hall–Kier alpha value is -2.35. The first kappa shape index (κ1) is 19.4. The second-order valence-electron chi connectivity index (χ2n) is 5.75. The van der Waals surface area contributed by atoms with Gasteiger partial charge in [0.15, 0.2) is 5.16 Å². The predicted molar refractivity (Wildman–Crippen MR) is 104 cm³/mol. The fourth-order valence-electron chi connectivity index (χ4n) is 2.47. The van der Waals surface area contributed by atoms with E-state index in [0.29, 0.717) is 28.1 Å². The third-order valence-corrected chi connectivity index (χ3v) is 5.00. The van der Waals surface area contributed by atoms with Crippen molar-refractivity contribution < 1.29 is 14.3 Å². The summed E-state index contributed by atoms with van der Waals surface area (Å²) in [5, 5.41) is 13.5. The van der Waals surface area contributed by atoms with E-state index in [1.165, 1.54) is 30.0 Å². The Morgan fingerprint density at radius 1 is 1.26 bits per heavy atom. The van der Waals surface area contributed by atoms with Crippen molar-refractivity contribution in [3.05, 3.63) is 76.8 Å². The van der Waals surface area contributed by atoms with Gasteiger partial charge in [-0.05, 0) is 35.9 Å². The van der Waals surface area contributed by atoms with Crippen LogP contribution in [0, 0.1) is 5.82 Å². The van der Waals surface area contributed by atoms with Gasteiger partial charge < -0.3 is 15.0 Å². The van der Waals surface area contributed by atoms with Crippen LogP contribution in [0.25, 0.3) is 0 Å². The summed E-state index contributed by atoms with van der Waals surface area (Å²) in [7, 11) is 0. The molecule has 0 unspecified atom stereocenters. The molecule has 0 radical (unpaired) electrons. The molecule has 0 bridgehead atoms. The average molecular weight is 406 g/mol. The van der Waals surface area contributed by atoms with Crippen LogP contribution in [0.4, 0.5) is 10.1 Å². The van der Waals surface area contributed by atoms with Gasteiger partial charge in [0.05, 0.1) is 24.3 Å². The van der Waals surface area contributed by atoms with Crippen LogP contribution in [-0.4, -0.2) is 26.3 Å². The zero-order valence-corrected chi connectivity index (χ0v) is 15.8. The van der Waals surface area contributed by atoms with Gasteiger partial charge in [0, 0.05) is 17.3 Å². The molecule has 2 N–H and O–H groups in total. The predicted octanol–water partition coefficient (Wildman–Crippen LogP) is 3.95. The van der Waals surface area contributed by atoms with E-state index < -0.39 is 5.82 Å². The largest absolute Gasteiger partial charge is 0.390 e. The molecule has 1 aromatic heterocycles. The van der Waals surface area contributed by atoms with Crippen molar-refractivity contribution in [1.82, 2.24) is 9.55 Å². The first-order chi connectivity index (χ1) is 13.0. The van der Waals surface area contributed by atoms with Crippen molar-refractivity contribution in [2.45, 2.75) is 18.3 Å². The standard InChI is InChI=1S/C19H17ClFN3O2S/c20-14-6-4-13(5-7-14)10-24-17(11-25)9-22-19(24)27-12-18(26)23-16-3-1-2-15(21)8-16/h1-9,25H,10-12H2,(H,23,26). The number of aromatic nitrogens is 2. The van der Waals surface area contributed by atoms with Crippen LogP contribution < -0.4 is 5.32 Å². The molecule has 8 heteroatoms. The Morgan fingerprint density at radius 2 is 2.04 bits per heavy atom. The normalized spacial score (nSPS) is 10.8. The number of anilines is 1. The van der Waals surface area contributed by atoms with Crippen LogP contribution in [0.2, 0.25) is 5.02 Å². The zero-order chi connectivity index (χ0) is 19.2. The lowest BCUT2D eigenvalue weighted by atomic mass is 10.2. The van der Waals surface area contributed by atoms with Gasteiger partial charge in [-0.2, -0.15) is 0 Å². The molecule has 0 aliphatic rings. The number of hydrogen-bond donors (Lipinski definition) is 2. The number of aliphatic hydroxyl groups is 1. The molecule has 3 aromatic rings. The van der Waals surface area contributed by atoms with Gasteiger partial charge >= 0.3 is 0 Å². The Labute approximate surface area is 165 Å². The molecule has 1 amide bonds. The lowest BCUT2D eigenvalue weighted by Gasteiger charge is -2.11. The maximum Gasteiger partial charge on any atom is 0.234 e. The molecule has 0 spiro atoms. The summed E-state index contributed by atoms with van der Waals surface area (Å²) in [5.41, 5.74) is 2.05. The van der Waals surface area contributed by atoms with E-state index in [1.54, 1.807) is 24.4 Å². The lowest BCUT2D eigenvalue weighted by molar-refractivity contribution is -0.113. The third kappa shape index (κ3) is 5.32. The summed E-state index contributed by atoms with van der Waals surface area (Å²) in [5.74, 6) is -0.567. The molecule has 0 saturated heterocycles. The van der Waals surface area contributed by atoms with E-state index in [2.05, 4.69) is 10.3 Å². The number of thioether (sulfide) groups is 1. The topological polar surface area (TPSA) is 67.1 Å². The van der Waals surface area contributed by atoms with Gasteiger partial charge in [0.1, 0.15) is 5.82 Å². The van der Waals surface area contributed by atoms with Crippen molar-refractivity contribution >= 4 is 35.0 Å². The number of imidazole rings is 1. The molecule has 0 aliphatic heterocycles. The monoisotopic (exact) mass is 405 g/mol. The summed E-state index contributed by atoms with van der Waals surface area (Å²) >= 11 is 7.16. The molecular weight excluding hydrogens is 389 g/mol. The van der Waals surface area contributed by atoms with Crippen LogP contribution in [0.15, 0.2) is 59.9 Å². The average Bonchev–Trinajstić information content (AvgIpc) is 3.03. The van der Waals surface area contributed by atoms with Crippen molar-refractivity contribution in [2.75, 3.05) is 11.1 Å². The van der Waals surface area contributed by atoms with Crippen LogP contribution in [0.1, 0.15) is 11.3 Å². The van der Waals surface area contributed by atoms with Gasteiger partial charge in [0.25, 0.3) is 0 Å². The molecule has 3 rings (SSSR count). The number of benzene rings is 2. The minimum atomic E-state index is -0.411. The highest BCUT2D eigenvalue weighted by Gasteiger charge is 2.13. The quantitative estimate of drug-likeness (QED) is 0.584. The maximum absolute atomic E-state index is 13.2. The summed E-state index contributed by atoms with van der Waals surface area (Å²) in [6, 6.07) is 13.1. The fraction of sp³-hybridized carbons (Fsp3) is 0.158. The second-order valence-corrected chi connectivity index (χ2v) is 7.13. The van der Waals surface area contributed by atoms with Gasteiger partial charge in [-0.3, -0.25) is 4.79 Å². The Kier molecular flexibility index (Phi) is 6.49. The Bertz CT molecular complexity index is 931. The summed E-state index contributed by atoms with van der Waals surface area (Å²) < 4.78 is 15.0.